The highest BCUT2D eigenvalue weighted by atomic mass is 16.5. The first kappa shape index (κ1) is 11.4. The van der Waals surface area contributed by atoms with E-state index in [0.29, 0.717) is 16.7 Å². The molecule has 0 aliphatic rings. The molecule has 0 amide bonds. The number of nitrogens with zero attached hydrogens (tertiary/aromatic N) is 2. The summed E-state index contributed by atoms with van der Waals surface area (Å²) in [6.45, 7) is 3.80. The minimum atomic E-state index is -0.164. The van der Waals surface area contributed by atoms with Gasteiger partial charge >= 0.3 is 0 Å². The lowest BCUT2D eigenvalue weighted by molar-refractivity contribution is 0.374. The van der Waals surface area contributed by atoms with E-state index in [-0.39, 0.29) is 17.4 Å². The standard InChI is InChI=1S/C12H14N2O3/c1-7(2)14-6-13-9-5-11(17-3)10(15)4-8(9)12(14)16/h4-7,15H,1-3H3. The molecule has 0 radical (unpaired) electrons. The molecule has 0 atom stereocenters. The van der Waals surface area contributed by atoms with E-state index in [1.807, 2.05) is 13.8 Å². The van der Waals surface area contributed by atoms with Crippen molar-refractivity contribution in [2.24, 2.45) is 0 Å². The zero-order valence-electron chi connectivity index (χ0n) is 9.97. The van der Waals surface area contributed by atoms with Crippen LogP contribution in [0.4, 0.5) is 0 Å². The molecule has 0 unspecified atom stereocenters. The first-order chi connectivity index (χ1) is 8.04. The van der Waals surface area contributed by atoms with Gasteiger partial charge in [0.15, 0.2) is 11.5 Å². The Morgan fingerprint density at radius 2 is 2.12 bits per heavy atom. The highest BCUT2D eigenvalue weighted by Crippen LogP contribution is 2.28. The first-order valence-electron chi connectivity index (χ1n) is 5.32. The van der Waals surface area contributed by atoms with Gasteiger partial charge in [-0.2, -0.15) is 0 Å². The molecule has 5 nitrogen and oxygen atoms in total. The van der Waals surface area contributed by atoms with Crippen LogP contribution in [0.1, 0.15) is 19.9 Å². The maximum absolute atomic E-state index is 12.1. The minimum Gasteiger partial charge on any atom is -0.504 e. The van der Waals surface area contributed by atoms with Gasteiger partial charge in [0.2, 0.25) is 0 Å². The number of aromatic hydroxyl groups is 1. The van der Waals surface area contributed by atoms with Crippen molar-refractivity contribution < 1.29 is 9.84 Å². The molecule has 0 aliphatic carbocycles. The number of phenolic OH excluding ortho intramolecular Hbond substituents is 1. The van der Waals surface area contributed by atoms with Gasteiger partial charge in [-0.15, -0.1) is 0 Å². The van der Waals surface area contributed by atoms with Gasteiger partial charge in [0.1, 0.15) is 0 Å². The third-order valence-corrected chi connectivity index (χ3v) is 2.64. The van der Waals surface area contributed by atoms with E-state index in [0.717, 1.165) is 0 Å². The van der Waals surface area contributed by atoms with E-state index in [1.54, 1.807) is 6.07 Å². The minimum absolute atomic E-state index is 0.0312. The van der Waals surface area contributed by atoms with Crippen molar-refractivity contribution in [1.29, 1.82) is 0 Å². The molecule has 0 bridgehead atoms. The van der Waals surface area contributed by atoms with E-state index in [1.165, 1.54) is 24.1 Å². The van der Waals surface area contributed by atoms with Crippen LogP contribution in [0.15, 0.2) is 23.3 Å². The summed E-state index contributed by atoms with van der Waals surface area (Å²) < 4.78 is 6.49. The number of phenols is 1. The van der Waals surface area contributed by atoms with Crippen molar-refractivity contribution >= 4 is 10.9 Å². The lowest BCUT2D eigenvalue weighted by Crippen LogP contribution is -2.22. The molecule has 0 saturated carbocycles. The molecule has 5 heteroatoms. The van der Waals surface area contributed by atoms with Crippen LogP contribution in [0.5, 0.6) is 11.5 Å². The SMILES string of the molecule is COc1cc2ncn(C(C)C)c(=O)c2cc1O. The van der Waals surface area contributed by atoms with Crippen molar-refractivity contribution in [3.63, 3.8) is 0 Å². The van der Waals surface area contributed by atoms with E-state index < -0.39 is 0 Å². The van der Waals surface area contributed by atoms with Crippen molar-refractivity contribution in [1.82, 2.24) is 9.55 Å². The van der Waals surface area contributed by atoms with Crippen LogP contribution < -0.4 is 10.3 Å². The van der Waals surface area contributed by atoms with Gasteiger partial charge in [0.25, 0.3) is 5.56 Å². The average Bonchev–Trinajstić information content (AvgIpc) is 2.29. The van der Waals surface area contributed by atoms with Crippen LogP contribution in [0.3, 0.4) is 0 Å². The van der Waals surface area contributed by atoms with Gasteiger partial charge in [-0.3, -0.25) is 9.36 Å². The van der Waals surface area contributed by atoms with Crippen molar-refractivity contribution in [3.05, 3.63) is 28.8 Å². The molecule has 0 spiro atoms. The second-order valence-electron chi connectivity index (χ2n) is 4.09. The smallest absolute Gasteiger partial charge is 0.261 e. The Morgan fingerprint density at radius 3 is 2.71 bits per heavy atom. The number of methoxy groups -OCH3 is 1. The summed E-state index contributed by atoms with van der Waals surface area (Å²) in [5.41, 5.74) is 0.351. The summed E-state index contributed by atoms with van der Waals surface area (Å²) >= 11 is 0. The fourth-order valence-corrected chi connectivity index (χ4v) is 1.68. The summed E-state index contributed by atoms with van der Waals surface area (Å²) in [5.74, 6) is 0.257. The third kappa shape index (κ3) is 1.84. The fourth-order valence-electron chi connectivity index (χ4n) is 1.68. The van der Waals surface area contributed by atoms with Crippen LogP contribution in [-0.4, -0.2) is 21.8 Å². The predicted octanol–water partition coefficient (Wildman–Crippen LogP) is 1.69. The number of fused-ring (bicyclic) bond motifs is 1. The summed E-state index contributed by atoms with van der Waals surface area (Å²) in [5, 5.41) is 10.0. The Bertz CT molecular complexity index is 617. The Labute approximate surface area is 98.3 Å². The highest BCUT2D eigenvalue weighted by molar-refractivity contribution is 5.81. The van der Waals surface area contributed by atoms with Crippen molar-refractivity contribution in [2.45, 2.75) is 19.9 Å². The van der Waals surface area contributed by atoms with Gasteiger partial charge in [0.05, 0.1) is 24.3 Å². The fraction of sp³-hybridized carbons (Fsp3) is 0.333. The first-order valence-corrected chi connectivity index (χ1v) is 5.32. The molecule has 0 aliphatic heterocycles. The van der Waals surface area contributed by atoms with Crippen LogP contribution in [0.25, 0.3) is 10.9 Å². The molecule has 1 aromatic carbocycles. The highest BCUT2D eigenvalue weighted by Gasteiger charge is 2.10. The van der Waals surface area contributed by atoms with Crippen LogP contribution >= 0.6 is 0 Å². The van der Waals surface area contributed by atoms with Gasteiger partial charge in [0, 0.05) is 12.1 Å². The number of hydrogen-bond donors (Lipinski definition) is 1. The van der Waals surface area contributed by atoms with Crippen LogP contribution in [0, 0.1) is 0 Å². The average molecular weight is 234 g/mol. The summed E-state index contributed by atoms with van der Waals surface area (Å²) in [4.78, 5) is 16.3. The van der Waals surface area contributed by atoms with Gasteiger partial charge in [-0.25, -0.2) is 4.98 Å². The Hall–Kier alpha value is -2.04. The Kier molecular flexibility index (Phi) is 2.75. The quantitative estimate of drug-likeness (QED) is 0.858. The molecular formula is C12H14N2O3. The molecule has 1 N–H and O–H groups in total. The molecule has 90 valence electrons. The summed E-state index contributed by atoms with van der Waals surface area (Å²) in [7, 11) is 1.45. The van der Waals surface area contributed by atoms with Crippen molar-refractivity contribution in [2.75, 3.05) is 7.11 Å². The van der Waals surface area contributed by atoms with Crippen LogP contribution in [-0.2, 0) is 0 Å². The van der Waals surface area contributed by atoms with E-state index in [9.17, 15) is 9.90 Å². The summed E-state index contributed by atoms with van der Waals surface area (Å²) in [6.07, 6.45) is 1.51. The summed E-state index contributed by atoms with van der Waals surface area (Å²) in [6, 6.07) is 2.97. The third-order valence-electron chi connectivity index (χ3n) is 2.64. The molecule has 0 fully saturated rings. The molecule has 17 heavy (non-hydrogen) atoms. The van der Waals surface area contributed by atoms with E-state index >= 15 is 0 Å². The van der Waals surface area contributed by atoms with Gasteiger partial charge in [-0.1, -0.05) is 0 Å². The molecule has 0 saturated heterocycles. The predicted molar refractivity (Wildman–Crippen MR) is 64.6 cm³/mol. The number of rotatable bonds is 2. The van der Waals surface area contributed by atoms with Gasteiger partial charge in [-0.05, 0) is 19.9 Å². The number of aromatic nitrogens is 2. The molecule has 1 aromatic heterocycles. The molecule has 2 aromatic rings. The number of benzene rings is 1. The normalized spacial score (nSPS) is 11.1. The monoisotopic (exact) mass is 234 g/mol. The maximum atomic E-state index is 12.1. The molecule has 2 rings (SSSR count). The zero-order valence-corrected chi connectivity index (χ0v) is 9.97. The Balaban J connectivity index is 2.79. The Morgan fingerprint density at radius 1 is 1.41 bits per heavy atom. The molecule has 1 heterocycles. The molecular weight excluding hydrogens is 220 g/mol. The number of ether oxygens (including phenoxy) is 1. The zero-order chi connectivity index (χ0) is 12.6. The second kappa shape index (κ2) is 4.08. The van der Waals surface area contributed by atoms with Crippen LogP contribution in [0.2, 0.25) is 0 Å². The number of hydrogen-bond acceptors (Lipinski definition) is 4. The largest absolute Gasteiger partial charge is 0.504 e. The van der Waals surface area contributed by atoms with Crippen molar-refractivity contribution in [3.8, 4) is 11.5 Å². The maximum Gasteiger partial charge on any atom is 0.261 e. The lowest BCUT2D eigenvalue weighted by Gasteiger charge is -2.10. The second-order valence-corrected chi connectivity index (χ2v) is 4.09. The van der Waals surface area contributed by atoms with E-state index in [2.05, 4.69) is 4.98 Å². The van der Waals surface area contributed by atoms with E-state index in [4.69, 9.17) is 4.74 Å². The lowest BCUT2D eigenvalue weighted by atomic mass is 10.2. The topological polar surface area (TPSA) is 64.4 Å². The van der Waals surface area contributed by atoms with Gasteiger partial charge < -0.3 is 9.84 Å².